The molecule has 124 valence electrons. The van der Waals surface area contributed by atoms with E-state index in [9.17, 15) is 10.1 Å². The van der Waals surface area contributed by atoms with Gasteiger partial charge in [0, 0.05) is 11.8 Å². The lowest BCUT2D eigenvalue weighted by molar-refractivity contribution is 0.0692. The number of hydrogen-bond donors (Lipinski definition) is 1. The molecule has 4 atom stereocenters. The molecule has 0 aromatic heterocycles. The predicted molar refractivity (Wildman–Crippen MR) is 93.5 cm³/mol. The van der Waals surface area contributed by atoms with Gasteiger partial charge in [0.15, 0.2) is 0 Å². The number of nitrogens with zero attached hydrogens (tertiary/aromatic N) is 3. The van der Waals surface area contributed by atoms with Crippen molar-refractivity contribution in [1.29, 1.82) is 0 Å². The van der Waals surface area contributed by atoms with Crippen LogP contribution in [-0.4, -0.2) is 15.9 Å². The molecule has 1 heterocycles. The van der Waals surface area contributed by atoms with Gasteiger partial charge in [0.1, 0.15) is 0 Å². The predicted octanol–water partition coefficient (Wildman–Crippen LogP) is 4.57. The summed E-state index contributed by atoms with van der Waals surface area (Å²) in [5, 5.41) is 18.2. The van der Waals surface area contributed by atoms with Crippen molar-refractivity contribution in [2.24, 2.45) is 22.3 Å². The fourth-order valence-electron chi connectivity index (χ4n) is 3.84. The maximum absolute atomic E-state index is 11.8. The SMILES string of the molecule is CC1C(=NO)C(C)C(c2ccccc2)N(N=O)C1c1ccccc1. The van der Waals surface area contributed by atoms with Gasteiger partial charge in [-0.25, -0.2) is 5.01 Å². The Morgan fingerprint density at radius 1 is 0.833 bits per heavy atom. The van der Waals surface area contributed by atoms with Crippen molar-refractivity contribution < 1.29 is 5.21 Å². The molecule has 5 heteroatoms. The van der Waals surface area contributed by atoms with E-state index in [0.717, 1.165) is 11.1 Å². The van der Waals surface area contributed by atoms with E-state index in [0.29, 0.717) is 5.71 Å². The molecule has 2 aromatic rings. The second-order valence-corrected chi connectivity index (χ2v) is 6.27. The van der Waals surface area contributed by atoms with Gasteiger partial charge in [0.05, 0.1) is 23.1 Å². The molecule has 3 rings (SSSR count). The van der Waals surface area contributed by atoms with Gasteiger partial charge in [-0.3, -0.25) is 0 Å². The Labute approximate surface area is 141 Å². The molecule has 0 radical (unpaired) electrons. The Kier molecular flexibility index (Phi) is 4.60. The molecule has 1 saturated heterocycles. The molecule has 0 amide bonds. The van der Waals surface area contributed by atoms with Gasteiger partial charge in [-0.2, -0.15) is 0 Å². The minimum absolute atomic E-state index is 0.120. The average molecular weight is 323 g/mol. The number of hydrogen-bond acceptors (Lipinski definition) is 4. The molecule has 0 saturated carbocycles. The average Bonchev–Trinajstić information content (AvgIpc) is 2.63. The zero-order valence-corrected chi connectivity index (χ0v) is 13.8. The first-order valence-electron chi connectivity index (χ1n) is 8.12. The van der Waals surface area contributed by atoms with Gasteiger partial charge in [-0.15, -0.1) is 4.91 Å². The van der Waals surface area contributed by atoms with Crippen LogP contribution in [0.1, 0.15) is 37.1 Å². The zero-order valence-electron chi connectivity index (χ0n) is 13.8. The van der Waals surface area contributed by atoms with Gasteiger partial charge in [0.2, 0.25) is 0 Å². The van der Waals surface area contributed by atoms with Gasteiger partial charge in [0.25, 0.3) is 0 Å². The molecule has 1 aliphatic rings. The first-order valence-corrected chi connectivity index (χ1v) is 8.12. The highest BCUT2D eigenvalue weighted by molar-refractivity contribution is 5.90. The van der Waals surface area contributed by atoms with E-state index in [1.54, 1.807) is 5.01 Å². The molecule has 24 heavy (non-hydrogen) atoms. The molecule has 1 N–H and O–H groups in total. The number of benzene rings is 2. The van der Waals surface area contributed by atoms with Crippen LogP contribution in [0.2, 0.25) is 0 Å². The zero-order chi connectivity index (χ0) is 17.1. The Balaban J connectivity index is 2.13. The lowest BCUT2D eigenvalue weighted by atomic mass is 9.75. The number of oxime groups is 1. The van der Waals surface area contributed by atoms with Crippen molar-refractivity contribution in [1.82, 2.24) is 5.01 Å². The summed E-state index contributed by atoms with van der Waals surface area (Å²) >= 11 is 0. The quantitative estimate of drug-likeness (QED) is 0.511. The van der Waals surface area contributed by atoms with E-state index in [-0.39, 0.29) is 23.9 Å². The Morgan fingerprint density at radius 3 is 1.58 bits per heavy atom. The highest BCUT2D eigenvalue weighted by Gasteiger charge is 2.45. The van der Waals surface area contributed by atoms with Crippen LogP contribution >= 0.6 is 0 Å². The lowest BCUT2D eigenvalue weighted by Gasteiger charge is -2.45. The van der Waals surface area contributed by atoms with E-state index >= 15 is 0 Å². The van der Waals surface area contributed by atoms with Crippen LogP contribution in [0, 0.1) is 16.7 Å². The van der Waals surface area contributed by atoms with E-state index in [1.165, 1.54) is 0 Å². The Morgan fingerprint density at radius 2 is 1.25 bits per heavy atom. The van der Waals surface area contributed by atoms with Crippen molar-refractivity contribution in [2.75, 3.05) is 0 Å². The molecule has 0 aliphatic carbocycles. The summed E-state index contributed by atoms with van der Waals surface area (Å²) in [4.78, 5) is 11.8. The summed E-state index contributed by atoms with van der Waals surface area (Å²) in [5.74, 6) is -0.241. The molecule has 0 bridgehead atoms. The van der Waals surface area contributed by atoms with E-state index in [2.05, 4.69) is 10.4 Å². The van der Waals surface area contributed by atoms with Crippen molar-refractivity contribution in [3.8, 4) is 0 Å². The summed E-state index contributed by atoms with van der Waals surface area (Å²) in [6.45, 7) is 3.95. The summed E-state index contributed by atoms with van der Waals surface area (Å²) in [6, 6.07) is 19.0. The fourth-order valence-corrected chi connectivity index (χ4v) is 3.84. The van der Waals surface area contributed by atoms with Crippen LogP contribution in [-0.2, 0) is 0 Å². The standard InChI is InChI=1S/C19H21N3O2/c1-13-17(20-23)14(2)19(16-11-7-4-8-12-16)22(21-24)18(13)15-9-5-3-6-10-15/h3-14,18-19,23H,1-2H3. The minimum Gasteiger partial charge on any atom is -0.411 e. The van der Waals surface area contributed by atoms with E-state index in [1.807, 2.05) is 74.5 Å². The van der Waals surface area contributed by atoms with Crippen molar-refractivity contribution in [3.63, 3.8) is 0 Å². The number of rotatable bonds is 3. The third kappa shape index (κ3) is 2.66. The van der Waals surface area contributed by atoms with Gasteiger partial charge in [-0.1, -0.05) is 79.7 Å². The highest BCUT2D eigenvalue weighted by Crippen LogP contribution is 2.46. The topological polar surface area (TPSA) is 65.3 Å². The van der Waals surface area contributed by atoms with Crippen molar-refractivity contribution in [3.05, 3.63) is 76.7 Å². The summed E-state index contributed by atoms with van der Waals surface area (Å²) in [7, 11) is 0. The lowest BCUT2D eigenvalue weighted by Crippen LogP contribution is -2.46. The molecule has 0 spiro atoms. The molecule has 4 unspecified atom stereocenters. The maximum atomic E-state index is 11.8. The summed E-state index contributed by atoms with van der Waals surface area (Å²) < 4.78 is 0. The third-order valence-corrected chi connectivity index (χ3v) is 4.94. The molecular weight excluding hydrogens is 302 g/mol. The van der Waals surface area contributed by atoms with Gasteiger partial charge >= 0.3 is 0 Å². The molecule has 1 fully saturated rings. The first kappa shape index (κ1) is 16.2. The first-order chi connectivity index (χ1) is 11.7. The largest absolute Gasteiger partial charge is 0.411 e. The van der Waals surface area contributed by atoms with Gasteiger partial charge in [-0.05, 0) is 11.1 Å². The van der Waals surface area contributed by atoms with E-state index in [4.69, 9.17) is 0 Å². The van der Waals surface area contributed by atoms with Crippen molar-refractivity contribution >= 4 is 5.71 Å². The van der Waals surface area contributed by atoms with E-state index < -0.39 is 0 Å². The molecular formula is C19H21N3O2. The molecule has 2 aromatic carbocycles. The van der Waals surface area contributed by atoms with Crippen LogP contribution in [0.3, 0.4) is 0 Å². The summed E-state index contributed by atoms with van der Waals surface area (Å²) in [6.07, 6.45) is 0. The van der Waals surface area contributed by atoms with Crippen LogP contribution < -0.4 is 0 Å². The van der Waals surface area contributed by atoms with Crippen LogP contribution in [0.5, 0.6) is 0 Å². The number of piperidine rings is 1. The monoisotopic (exact) mass is 323 g/mol. The molecule has 1 aliphatic heterocycles. The number of nitroso groups, excluding NO2 is 1. The Bertz CT molecular complexity index is 662. The van der Waals surface area contributed by atoms with Crippen LogP contribution in [0.4, 0.5) is 0 Å². The Hall–Kier alpha value is -2.69. The summed E-state index contributed by atoms with van der Waals surface area (Å²) in [5.41, 5.74) is 2.66. The molecule has 5 nitrogen and oxygen atoms in total. The second-order valence-electron chi connectivity index (χ2n) is 6.27. The smallest absolute Gasteiger partial charge is 0.0838 e. The van der Waals surface area contributed by atoms with Crippen LogP contribution in [0.25, 0.3) is 0 Å². The highest BCUT2D eigenvalue weighted by atomic mass is 16.4. The van der Waals surface area contributed by atoms with Crippen LogP contribution in [0.15, 0.2) is 71.1 Å². The third-order valence-electron chi connectivity index (χ3n) is 4.94. The van der Waals surface area contributed by atoms with Crippen molar-refractivity contribution in [2.45, 2.75) is 25.9 Å². The normalized spacial score (nSPS) is 26.9. The minimum atomic E-state index is -0.268. The maximum Gasteiger partial charge on any atom is 0.0838 e. The van der Waals surface area contributed by atoms with Gasteiger partial charge < -0.3 is 5.21 Å². The second kappa shape index (κ2) is 6.83. The fraction of sp³-hybridized carbons (Fsp3) is 0.316.